The molecule has 0 spiro atoms. The van der Waals surface area contributed by atoms with Gasteiger partial charge in [0.1, 0.15) is 0 Å². The molecule has 5 nitrogen and oxygen atoms in total. The minimum absolute atomic E-state index is 0.357. The third-order valence-corrected chi connectivity index (χ3v) is 5.09. The van der Waals surface area contributed by atoms with Gasteiger partial charge in [-0.2, -0.15) is 0 Å². The Morgan fingerprint density at radius 1 is 1.04 bits per heavy atom. The number of ether oxygens (including phenoxy) is 1. The van der Waals surface area contributed by atoms with Crippen molar-refractivity contribution in [2.75, 3.05) is 38.3 Å². The van der Waals surface area contributed by atoms with Gasteiger partial charge in [-0.1, -0.05) is 42.5 Å². The van der Waals surface area contributed by atoms with E-state index in [2.05, 4.69) is 82.0 Å². The molecule has 1 aliphatic rings. The van der Waals surface area contributed by atoms with E-state index in [-0.39, 0.29) is 0 Å². The number of hydrogen-bond acceptors (Lipinski definition) is 3. The lowest BCUT2D eigenvalue weighted by atomic mass is 10.1. The van der Waals surface area contributed by atoms with E-state index < -0.39 is 0 Å². The fourth-order valence-corrected chi connectivity index (χ4v) is 3.36. The number of benzene rings is 2. The first-order valence-electron chi connectivity index (χ1n) is 10.2. The molecule has 1 atom stereocenters. The SMILES string of the molecule is CN=C(NCc1ccc(N2CCOCC2)cc1)NC(C)CCc1ccccc1. The molecular weight excluding hydrogens is 348 g/mol. The van der Waals surface area contributed by atoms with Gasteiger partial charge in [-0.05, 0) is 43.0 Å². The highest BCUT2D eigenvalue weighted by Gasteiger charge is 2.11. The number of morpholine rings is 1. The van der Waals surface area contributed by atoms with E-state index in [1.807, 2.05) is 7.05 Å². The van der Waals surface area contributed by atoms with E-state index in [1.165, 1.54) is 16.8 Å². The van der Waals surface area contributed by atoms with Crippen LogP contribution in [0.3, 0.4) is 0 Å². The molecule has 0 amide bonds. The van der Waals surface area contributed by atoms with Crippen LogP contribution in [-0.4, -0.2) is 45.4 Å². The Morgan fingerprint density at radius 2 is 1.75 bits per heavy atom. The molecule has 0 aromatic heterocycles. The van der Waals surface area contributed by atoms with E-state index >= 15 is 0 Å². The fourth-order valence-electron chi connectivity index (χ4n) is 3.36. The molecule has 1 saturated heterocycles. The summed E-state index contributed by atoms with van der Waals surface area (Å²) in [6.07, 6.45) is 2.13. The number of guanidine groups is 1. The molecule has 0 radical (unpaired) electrons. The van der Waals surface area contributed by atoms with Gasteiger partial charge in [0.05, 0.1) is 13.2 Å². The highest BCUT2D eigenvalue weighted by molar-refractivity contribution is 5.79. The molecule has 2 aromatic carbocycles. The lowest BCUT2D eigenvalue weighted by molar-refractivity contribution is 0.122. The molecule has 3 rings (SSSR count). The molecule has 0 bridgehead atoms. The van der Waals surface area contributed by atoms with Crippen LogP contribution >= 0.6 is 0 Å². The normalized spacial score (nSPS) is 15.9. The number of nitrogens with zero attached hydrogens (tertiary/aromatic N) is 2. The van der Waals surface area contributed by atoms with Crippen LogP contribution in [0.4, 0.5) is 5.69 Å². The lowest BCUT2D eigenvalue weighted by Crippen LogP contribution is -2.42. The van der Waals surface area contributed by atoms with E-state index in [0.717, 1.165) is 51.6 Å². The van der Waals surface area contributed by atoms with Gasteiger partial charge in [0.15, 0.2) is 5.96 Å². The molecule has 0 saturated carbocycles. The van der Waals surface area contributed by atoms with Gasteiger partial charge in [0, 0.05) is 38.4 Å². The largest absolute Gasteiger partial charge is 0.378 e. The van der Waals surface area contributed by atoms with Crippen molar-refractivity contribution >= 4 is 11.6 Å². The maximum Gasteiger partial charge on any atom is 0.191 e. The Hall–Kier alpha value is -2.53. The van der Waals surface area contributed by atoms with Gasteiger partial charge in [-0.15, -0.1) is 0 Å². The van der Waals surface area contributed by atoms with Crippen LogP contribution in [0.1, 0.15) is 24.5 Å². The molecule has 28 heavy (non-hydrogen) atoms. The van der Waals surface area contributed by atoms with Crippen molar-refractivity contribution in [2.24, 2.45) is 4.99 Å². The van der Waals surface area contributed by atoms with Crippen molar-refractivity contribution in [3.05, 3.63) is 65.7 Å². The molecule has 0 aliphatic carbocycles. The van der Waals surface area contributed by atoms with Crippen molar-refractivity contribution in [2.45, 2.75) is 32.4 Å². The molecule has 1 fully saturated rings. The number of anilines is 1. The molecule has 2 N–H and O–H groups in total. The fraction of sp³-hybridized carbons (Fsp3) is 0.435. The second-order valence-electron chi connectivity index (χ2n) is 7.26. The first-order chi connectivity index (χ1) is 13.7. The van der Waals surface area contributed by atoms with Crippen molar-refractivity contribution in [3.8, 4) is 0 Å². The Kier molecular flexibility index (Phi) is 7.73. The molecular formula is C23H32N4O. The van der Waals surface area contributed by atoms with Crippen LogP contribution in [0.5, 0.6) is 0 Å². The summed E-state index contributed by atoms with van der Waals surface area (Å²) >= 11 is 0. The minimum atomic E-state index is 0.357. The van der Waals surface area contributed by atoms with Crippen molar-refractivity contribution in [1.29, 1.82) is 0 Å². The van der Waals surface area contributed by atoms with Crippen LogP contribution in [0.25, 0.3) is 0 Å². The van der Waals surface area contributed by atoms with E-state index in [1.54, 1.807) is 0 Å². The quantitative estimate of drug-likeness (QED) is 0.572. The zero-order chi connectivity index (χ0) is 19.6. The monoisotopic (exact) mass is 380 g/mol. The van der Waals surface area contributed by atoms with E-state index in [4.69, 9.17) is 4.74 Å². The van der Waals surface area contributed by atoms with Crippen LogP contribution in [-0.2, 0) is 17.7 Å². The average molecular weight is 381 g/mol. The number of nitrogens with one attached hydrogen (secondary N) is 2. The number of aliphatic imine (C=N–C) groups is 1. The Morgan fingerprint density at radius 3 is 2.43 bits per heavy atom. The zero-order valence-electron chi connectivity index (χ0n) is 17.0. The van der Waals surface area contributed by atoms with Crippen LogP contribution in [0, 0.1) is 0 Å². The number of hydrogen-bond donors (Lipinski definition) is 2. The van der Waals surface area contributed by atoms with Gasteiger partial charge >= 0.3 is 0 Å². The number of rotatable bonds is 7. The van der Waals surface area contributed by atoms with Gasteiger partial charge in [0.25, 0.3) is 0 Å². The molecule has 1 heterocycles. The third-order valence-electron chi connectivity index (χ3n) is 5.09. The first kappa shape index (κ1) is 20.2. The summed E-state index contributed by atoms with van der Waals surface area (Å²) in [7, 11) is 1.82. The molecule has 5 heteroatoms. The third kappa shape index (κ3) is 6.27. The highest BCUT2D eigenvalue weighted by atomic mass is 16.5. The summed E-state index contributed by atoms with van der Waals surface area (Å²) in [6, 6.07) is 19.7. The summed E-state index contributed by atoms with van der Waals surface area (Å²) in [6.45, 7) is 6.52. The summed E-state index contributed by atoms with van der Waals surface area (Å²) in [5.41, 5.74) is 3.89. The Balaban J connectivity index is 1.43. The smallest absolute Gasteiger partial charge is 0.191 e. The predicted octanol–water partition coefficient (Wildman–Crippen LogP) is 3.21. The van der Waals surface area contributed by atoms with E-state index in [9.17, 15) is 0 Å². The molecule has 1 aliphatic heterocycles. The van der Waals surface area contributed by atoms with Gasteiger partial charge in [-0.25, -0.2) is 0 Å². The van der Waals surface area contributed by atoms with Crippen molar-refractivity contribution < 1.29 is 4.74 Å². The van der Waals surface area contributed by atoms with Gasteiger partial charge in [0.2, 0.25) is 0 Å². The van der Waals surface area contributed by atoms with Crippen LogP contribution in [0.15, 0.2) is 59.6 Å². The van der Waals surface area contributed by atoms with Crippen molar-refractivity contribution in [1.82, 2.24) is 10.6 Å². The molecule has 2 aromatic rings. The minimum Gasteiger partial charge on any atom is -0.378 e. The van der Waals surface area contributed by atoms with Crippen LogP contribution < -0.4 is 15.5 Å². The summed E-state index contributed by atoms with van der Waals surface area (Å²) < 4.78 is 5.42. The van der Waals surface area contributed by atoms with Crippen molar-refractivity contribution in [3.63, 3.8) is 0 Å². The average Bonchev–Trinajstić information content (AvgIpc) is 2.77. The van der Waals surface area contributed by atoms with Gasteiger partial charge in [-0.3, -0.25) is 4.99 Å². The summed E-state index contributed by atoms with van der Waals surface area (Å²) in [4.78, 5) is 6.73. The Labute approximate surface area is 168 Å². The predicted molar refractivity (Wildman–Crippen MR) is 117 cm³/mol. The van der Waals surface area contributed by atoms with Crippen LogP contribution in [0.2, 0.25) is 0 Å². The topological polar surface area (TPSA) is 48.9 Å². The zero-order valence-corrected chi connectivity index (χ0v) is 17.0. The highest BCUT2D eigenvalue weighted by Crippen LogP contribution is 2.16. The molecule has 1 unspecified atom stereocenters. The Bertz CT molecular complexity index is 724. The second kappa shape index (κ2) is 10.7. The standard InChI is InChI=1S/C23H32N4O/c1-19(8-9-20-6-4-3-5-7-20)26-23(24-2)25-18-21-10-12-22(13-11-21)27-14-16-28-17-15-27/h3-7,10-13,19H,8-9,14-18H2,1-2H3,(H2,24,25,26). The first-order valence-corrected chi connectivity index (χ1v) is 10.2. The number of aryl methyl sites for hydroxylation is 1. The van der Waals surface area contributed by atoms with E-state index in [0.29, 0.717) is 6.04 Å². The second-order valence-corrected chi connectivity index (χ2v) is 7.26. The summed E-state index contributed by atoms with van der Waals surface area (Å²) in [5.74, 6) is 0.845. The molecule has 150 valence electrons. The van der Waals surface area contributed by atoms with Gasteiger partial charge < -0.3 is 20.3 Å². The maximum atomic E-state index is 5.42. The maximum absolute atomic E-state index is 5.42. The summed E-state index contributed by atoms with van der Waals surface area (Å²) in [5, 5.41) is 6.91. The lowest BCUT2D eigenvalue weighted by Gasteiger charge is -2.29.